The number of aliphatic carboxylic acids is 2. The highest BCUT2D eigenvalue weighted by atomic mass is 35.5. The van der Waals surface area contributed by atoms with Gasteiger partial charge < -0.3 is 19.7 Å². The van der Waals surface area contributed by atoms with Gasteiger partial charge in [0.1, 0.15) is 11.7 Å². The van der Waals surface area contributed by atoms with E-state index in [-0.39, 0.29) is 29.3 Å². The molecule has 0 aromatic heterocycles. The van der Waals surface area contributed by atoms with Gasteiger partial charge in [-0.25, -0.2) is 4.79 Å². The van der Waals surface area contributed by atoms with Gasteiger partial charge >= 0.3 is 17.9 Å². The lowest BCUT2D eigenvalue weighted by atomic mass is 9.96. The number of non-ortho nitro benzene ring substituents is 1. The summed E-state index contributed by atoms with van der Waals surface area (Å²) in [5.74, 6) is -6.68. The molecule has 2 saturated carbocycles. The largest absolute Gasteiger partial charge is 0.481 e. The van der Waals surface area contributed by atoms with E-state index in [1.165, 1.54) is 24.3 Å². The summed E-state index contributed by atoms with van der Waals surface area (Å²) in [7, 11) is 0. The molecule has 2 N–H and O–H groups in total. The number of carbonyl (C=O) groups is 3. The Balaban J connectivity index is 1.55. The number of hydrogen-bond donors (Lipinski definition) is 2. The number of hydrogen-bond acceptors (Lipinski definition) is 7. The van der Waals surface area contributed by atoms with Gasteiger partial charge in [0, 0.05) is 24.5 Å². The Morgan fingerprint density at radius 3 is 2.29 bits per heavy atom. The third kappa shape index (κ3) is 4.08. The van der Waals surface area contributed by atoms with E-state index in [0.717, 1.165) is 12.1 Å². The quantitative estimate of drug-likeness (QED) is 0.307. The SMILES string of the molecule is O=C(OC1CC(C(=O)O)C2(OCc3ccc(Cl)c(Cl)c3)C(C(=O)O)C12)c1ccc([N+](=O)[O-])cc1. The number of halogens is 2. The van der Waals surface area contributed by atoms with Crippen molar-refractivity contribution in [1.82, 2.24) is 0 Å². The Morgan fingerprint density at radius 2 is 1.74 bits per heavy atom. The van der Waals surface area contributed by atoms with Crippen LogP contribution in [0.4, 0.5) is 5.69 Å². The van der Waals surface area contributed by atoms with E-state index >= 15 is 0 Å². The van der Waals surface area contributed by atoms with Gasteiger partial charge in [-0.1, -0.05) is 29.3 Å². The molecule has 0 saturated heterocycles. The van der Waals surface area contributed by atoms with Crippen molar-refractivity contribution in [3.05, 3.63) is 73.8 Å². The summed E-state index contributed by atoms with van der Waals surface area (Å²) in [5.41, 5.74) is -1.20. The second-order valence-corrected chi connectivity index (χ2v) is 8.92. The van der Waals surface area contributed by atoms with Crippen LogP contribution in [-0.4, -0.2) is 44.7 Å². The highest BCUT2D eigenvalue weighted by Gasteiger charge is 2.82. The Kier molecular flexibility index (Phi) is 6.24. The third-order valence-electron chi connectivity index (χ3n) is 6.28. The molecule has 178 valence electrons. The Bertz CT molecular complexity index is 1190. The van der Waals surface area contributed by atoms with Gasteiger partial charge in [0.15, 0.2) is 0 Å². The fraction of sp³-hybridized carbons (Fsp3) is 0.318. The zero-order valence-corrected chi connectivity index (χ0v) is 18.7. The topological polar surface area (TPSA) is 153 Å². The molecule has 0 amide bonds. The standard InChI is InChI=1S/C22H17Cl2NO9/c23-14-6-1-10(7-15(14)24)9-33-22-13(19(26)27)8-16(17(22)18(22)20(28)29)34-21(30)11-2-4-12(5-3-11)25(31)32/h1-7,13,16-18H,8-9H2,(H,26,27)(H,28,29). The summed E-state index contributed by atoms with van der Waals surface area (Å²) >= 11 is 11.9. The number of nitro benzene ring substituents is 1. The molecule has 2 aromatic carbocycles. The second-order valence-electron chi connectivity index (χ2n) is 8.11. The zero-order valence-electron chi connectivity index (χ0n) is 17.2. The maximum atomic E-state index is 12.6. The van der Waals surface area contributed by atoms with Gasteiger partial charge in [0.05, 0.1) is 39.0 Å². The summed E-state index contributed by atoms with van der Waals surface area (Å²) in [6.07, 6.45) is -1.16. The average molecular weight is 510 g/mol. The van der Waals surface area contributed by atoms with Gasteiger partial charge in [-0.15, -0.1) is 0 Å². The maximum Gasteiger partial charge on any atom is 0.338 e. The molecule has 5 unspecified atom stereocenters. The van der Waals surface area contributed by atoms with Gasteiger partial charge in [-0.3, -0.25) is 19.7 Å². The van der Waals surface area contributed by atoms with Crippen molar-refractivity contribution < 1.29 is 39.0 Å². The van der Waals surface area contributed by atoms with Crippen molar-refractivity contribution in [1.29, 1.82) is 0 Å². The van der Waals surface area contributed by atoms with Crippen LogP contribution in [-0.2, 0) is 25.7 Å². The molecular weight excluding hydrogens is 493 g/mol. The van der Waals surface area contributed by atoms with Crippen molar-refractivity contribution in [2.45, 2.75) is 24.7 Å². The predicted octanol–water partition coefficient (Wildman–Crippen LogP) is 3.82. The van der Waals surface area contributed by atoms with Crippen LogP contribution >= 0.6 is 23.2 Å². The summed E-state index contributed by atoms with van der Waals surface area (Å²) in [6.45, 7) is -0.121. The van der Waals surface area contributed by atoms with Crippen molar-refractivity contribution in [2.75, 3.05) is 0 Å². The monoisotopic (exact) mass is 509 g/mol. The molecule has 10 nitrogen and oxygen atoms in total. The van der Waals surface area contributed by atoms with Gasteiger partial charge in [-0.05, 0) is 29.8 Å². The van der Waals surface area contributed by atoms with Crippen LogP contribution in [0.1, 0.15) is 22.3 Å². The van der Waals surface area contributed by atoms with E-state index in [2.05, 4.69) is 0 Å². The molecule has 0 bridgehead atoms. The normalized spacial score (nSPS) is 27.0. The first-order valence-corrected chi connectivity index (χ1v) is 10.8. The first-order chi connectivity index (χ1) is 16.1. The molecule has 0 spiro atoms. The molecule has 2 aromatic rings. The van der Waals surface area contributed by atoms with E-state index in [4.69, 9.17) is 32.7 Å². The summed E-state index contributed by atoms with van der Waals surface area (Å²) in [4.78, 5) is 46.7. The minimum atomic E-state index is -1.57. The first kappa shape index (κ1) is 23.9. The summed E-state index contributed by atoms with van der Waals surface area (Å²) in [6, 6.07) is 9.37. The number of nitro groups is 1. The Labute approximate surface area is 202 Å². The summed E-state index contributed by atoms with van der Waals surface area (Å²) in [5, 5.41) is 30.9. The lowest BCUT2D eigenvalue weighted by Gasteiger charge is -2.22. The fourth-order valence-corrected chi connectivity index (χ4v) is 5.06. The summed E-state index contributed by atoms with van der Waals surface area (Å²) < 4.78 is 11.4. The lowest BCUT2D eigenvalue weighted by molar-refractivity contribution is -0.384. The molecule has 12 heteroatoms. The van der Waals surface area contributed by atoms with Crippen LogP contribution < -0.4 is 0 Å². The van der Waals surface area contributed by atoms with Crippen LogP contribution in [0.15, 0.2) is 42.5 Å². The molecule has 0 aliphatic heterocycles. The van der Waals surface area contributed by atoms with E-state index in [1.807, 2.05) is 0 Å². The number of ether oxygens (including phenoxy) is 2. The number of carboxylic acid groups (broad SMARTS) is 2. The number of nitrogens with zero attached hydrogens (tertiary/aromatic N) is 1. The molecule has 2 fully saturated rings. The number of carboxylic acids is 2. The lowest BCUT2D eigenvalue weighted by Crippen LogP contribution is -2.35. The van der Waals surface area contributed by atoms with E-state index < -0.39 is 52.3 Å². The number of carbonyl (C=O) groups excluding carboxylic acids is 1. The highest BCUT2D eigenvalue weighted by molar-refractivity contribution is 6.42. The van der Waals surface area contributed by atoms with E-state index in [0.29, 0.717) is 10.6 Å². The van der Waals surface area contributed by atoms with E-state index in [9.17, 15) is 34.7 Å². The zero-order chi connectivity index (χ0) is 24.8. The second kappa shape index (κ2) is 8.86. The molecule has 34 heavy (non-hydrogen) atoms. The van der Waals surface area contributed by atoms with Crippen molar-refractivity contribution in [3.63, 3.8) is 0 Å². The molecule has 2 aliphatic rings. The number of benzene rings is 2. The van der Waals surface area contributed by atoms with Gasteiger partial charge in [0.2, 0.25) is 0 Å². The van der Waals surface area contributed by atoms with Crippen LogP contribution in [0.3, 0.4) is 0 Å². The van der Waals surface area contributed by atoms with Crippen molar-refractivity contribution >= 4 is 46.8 Å². The molecule has 2 aliphatic carbocycles. The molecule has 0 heterocycles. The van der Waals surface area contributed by atoms with Crippen LogP contribution in [0.2, 0.25) is 10.0 Å². The van der Waals surface area contributed by atoms with Gasteiger partial charge in [0.25, 0.3) is 5.69 Å². The van der Waals surface area contributed by atoms with Crippen molar-refractivity contribution in [2.24, 2.45) is 17.8 Å². The smallest absolute Gasteiger partial charge is 0.338 e. The van der Waals surface area contributed by atoms with Crippen molar-refractivity contribution in [3.8, 4) is 0 Å². The third-order valence-corrected chi connectivity index (χ3v) is 7.02. The highest BCUT2D eigenvalue weighted by Crippen LogP contribution is 2.67. The minimum absolute atomic E-state index is 0.0132. The Hall–Kier alpha value is -3.21. The first-order valence-electron chi connectivity index (χ1n) is 10.0. The molecule has 4 rings (SSSR count). The number of fused-ring (bicyclic) bond motifs is 1. The van der Waals surface area contributed by atoms with Crippen LogP contribution in [0, 0.1) is 27.9 Å². The molecule has 5 atom stereocenters. The number of rotatable bonds is 8. The molecule has 0 radical (unpaired) electrons. The predicted molar refractivity (Wildman–Crippen MR) is 117 cm³/mol. The van der Waals surface area contributed by atoms with E-state index in [1.54, 1.807) is 6.07 Å². The number of esters is 1. The minimum Gasteiger partial charge on any atom is -0.481 e. The van der Waals surface area contributed by atoms with Crippen LogP contribution in [0.5, 0.6) is 0 Å². The fourth-order valence-electron chi connectivity index (χ4n) is 4.74. The molecular formula is C22H17Cl2NO9. The average Bonchev–Trinajstić information content (AvgIpc) is 3.36. The Morgan fingerprint density at radius 1 is 1.06 bits per heavy atom. The maximum absolute atomic E-state index is 12.6. The van der Waals surface area contributed by atoms with Gasteiger partial charge in [-0.2, -0.15) is 0 Å². The van der Waals surface area contributed by atoms with Crippen LogP contribution in [0.25, 0.3) is 0 Å².